The molecule has 0 spiro atoms. The zero-order chi connectivity index (χ0) is 15.2. The van der Waals surface area contributed by atoms with E-state index in [1.54, 1.807) is 30.5 Å². The van der Waals surface area contributed by atoms with Crippen LogP contribution >= 0.6 is 11.6 Å². The Morgan fingerprint density at radius 3 is 2.81 bits per heavy atom. The van der Waals surface area contributed by atoms with E-state index in [4.69, 9.17) is 11.6 Å². The summed E-state index contributed by atoms with van der Waals surface area (Å²) < 4.78 is 0. The first-order valence-corrected chi connectivity index (χ1v) is 6.73. The van der Waals surface area contributed by atoms with E-state index in [0.29, 0.717) is 17.1 Å². The molecule has 0 unspecified atom stereocenters. The third-order valence-corrected chi connectivity index (χ3v) is 3.14. The molecule has 0 aliphatic heterocycles. The Kier molecular flexibility index (Phi) is 4.94. The Bertz CT molecular complexity index is 654. The van der Waals surface area contributed by atoms with Gasteiger partial charge in [0.15, 0.2) is 0 Å². The fourth-order valence-corrected chi connectivity index (χ4v) is 1.89. The van der Waals surface area contributed by atoms with Gasteiger partial charge in [0.05, 0.1) is 12.7 Å². The van der Waals surface area contributed by atoms with Crippen molar-refractivity contribution in [2.45, 2.75) is 13.5 Å². The quantitative estimate of drug-likeness (QED) is 0.780. The molecule has 2 amide bonds. The lowest BCUT2D eigenvalue weighted by Crippen LogP contribution is -2.36. The molecule has 7 heteroatoms. The molecule has 1 aromatic carbocycles. The van der Waals surface area contributed by atoms with Crippen LogP contribution in [0.15, 0.2) is 30.5 Å². The first-order chi connectivity index (χ1) is 10.1. The van der Waals surface area contributed by atoms with E-state index in [-0.39, 0.29) is 18.4 Å². The van der Waals surface area contributed by atoms with Crippen molar-refractivity contribution in [2.24, 2.45) is 0 Å². The number of amides is 2. The van der Waals surface area contributed by atoms with Crippen molar-refractivity contribution < 1.29 is 9.59 Å². The van der Waals surface area contributed by atoms with E-state index in [2.05, 4.69) is 20.8 Å². The monoisotopic (exact) mass is 306 g/mol. The second-order valence-corrected chi connectivity index (χ2v) is 4.93. The van der Waals surface area contributed by atoms with Crippen molar-refractivity contribution >= 4 is 23.4 Å². The first kappa shape index (κ1) is 15.1. The van der Waals surface area contributed by atoms with Crippen LogP contribution in [0.25, 0.3) is 0 Å². The molecular formula is C14H15ClN4O2. The number of carbonyl (C=O) groups excluding carboxylic acids is 2. The summed E-state index contributed by atoms with van der Waals surface area (Å²) in [6.45, 7) is 2.14. The summed E-state index contributed by atoms with van der Waals surface area (Å²) in [6, 6.07) is 6.54. The summed E-state index contributed by atoms with van der Waals surface area (Å²) in [6.07, 6.45) is 1.65. The molecule has 0 bridgehead atoms. The molecule has 0 saturated carbocycles. The van der Waals surface area contributed by atoms with Crippen molar-refractivity contribution in [3.05, 3.63) is 52.3 Å². The molecule has 6 nitrogen and oxygen atoms in total. The van der Waals surface area contributed by atoms with Gasteiger partial charge in [-0.15, -0.1) is 0 Å². The van der Waals surface area contributed by atoms with Gasteiger partial charge in [-0.1, -0.05) is 17.7 Å². The summed E-state index contributed by atoms with van der Waals surface area (Å²) in [7, 11) is 0. The van der Waals surface area contributed by atoms with Crippen LogP contribution in [-0.4, -0.2) is 28.6 Å². The van der Waals surface area contributed by atoms with Crippen molar-refractivity contribution in [1.82, 2.24) is 20.8 Å². The maximum Gasteiger partial charge on any atom is 0.251 e. The molecule has 0 atom stereocenters. The molecule has 0 fully saturated rings. The van der Waals surface area contributed by atoms with Gasteiger partial charge in [0.1, 0.15) is 0 Å². The Morgan fingerprint density at radius 2 is 2.14 bits per heavy atom. The van der Waals surface area contributed by atoms with E-state index in [1.165, 1.54) is 0 Å². The van der Waals surface area contributed by atoms with Crippen LogP contribution < -0.4 is 10.6 Å². The topological polar surface area (TPSA) is 86.9 Å². The van der Waals surface area contributed by atoms with Gasteiger partial charge in [-0.25, -0.2) is 0 Å². The summed E-state index contributed by atoms with van der Waals surface area (Å²) in [4.78, 5) is 23.5. The average Bonchev–Trinajstić information content (AvgIpc) is 2.88. The van der Waals surface area contributed by atoms with Crippen molar-refractivity contribution in [2.75, 3.05) is 6.54 Å². The zero-order valence-corrected chi connectivity index (χ0v) is 12.2. The average molecular weight is 307 g/mol. The number of benzene rings is 1. The highest BCUT2D eigenvalue weighted by Gasteiger charge is 2.09. The van der Waals surface area contributed by atoms with Crippen molar-refractivity contribution in [1.29, 1.82) is 0 Å². The molecule has 3 N–H and O–H groups in total. The van der Waals surface area contributed by atoms with Crippen LogP contribution in [0.5, 0.6) is 0 Å². The molecular weight excluding hydrogens is 292 g/mol. The summed E-state index contributed by atoms with van der Waals surface area (Å²) in [5, 5.41) is 12.4. The highest BCUT2D eigenvalue weighted by Crippen LogP contribution is 2.10. The number of hydrogen-bond donors (Lipinski definition) is 3. The van der Waals surface area contributed by atoms with E-state index in [1.807, 2.05) is 6.92 Å². The van der Waals surface area contributed by atoms with E-state index >= 15 is 0 Å². The van der Waals surface area contributed by atoms with Gasteiger partial charge in [0, 0.05) is 28.4 Å². The molecule has 0 aliphatic rings. The van der Waals surface area contributed by atoms with Gasteiger partial charge in [0.2, 0.25) is 5.91 Å². The third kappa shape index (κ3) is 4.32. The number of nitrogens with zero attached hydrogens (tertiary/aromatic N) is 1. The number of aryl methyl sites for hydroxylation is 1. The lowest BCUT2D eigenvalue weighted by molar-refractivity contribution is -0.120. The van der Waals surface area contributed by atoms with Crippen LogP contribution in [-0.2, 0) is 11.3 Å². The lowest BCUT2D eigenvalue weighted by Gasteiger charge is -2.07. The van der Waals surface area contributed by atoms with Crippen molar-refractivity contribution in [3.8, 4) is 0 Å². The fourth-order valence-electron chi connectivity index (χ4n) is 1.70. The Morgan fingerprint density at radius 1 is 1.33 bits per heavy atom. The highest BCUT2D eigenvalue weighted by molar-refractivity contribution is 6.30. The Labute approximate surface area is 126 Å². The molecule has 1 heterocycles. The standard InChI is InChI=1S/C14H15ClN4O2/c1-9-11(7-18-19-9)6-16-13(20)8-17-14(21)10-3-2-4-12(15)5-10/h2-5,7H,6,8H2,1H3,(H,16,20)(H,17,21)(H,18,19). The van der Waals surface area contributed by atoms with E-state index in [0.717, 1.165) is 11.3 Å². The molecule has 0 saturated heterocycles. The number of H-pyrrole nitrogens is 1. The lowest BCUT2D eigenvalue weighted by atomic mass is 10.2. The van der Waals surface area contributed by atoms with Gasteiger partial charge in [-0.2, -0.15) is 5.10 Å². The number of aromatic nitrogens is 2. The fraction of sp³-hybridized carbons (Fsp3) is 0.214. The summed E-state index contributed by atoms with van der Waals surface area (Å²) in [5.74, 6) is -0.613. The number of nitrogens with one attached hydrogen (secondary N) is 3. The number of halogens is 1. The van der Waals surface area contributed by atoms with Gasteiger partial charge in [0.25, 0.3) is 5.91 Å². The molecule has 21 heavy (non-hydrogen) atoms. The number of aromatic amines is 1. The Balaban J connectivity index is 1.79. The predicted octanol–water partition coefficient (Wildman–Crippen LogP) is 1.42. The van der Waals surface area contributed by atoms with Gasteiger partial charge in [-0.3, -0.25) is 14.7 Å². The molecule has 0 radical (unpaired) electrons. The van der Waals surface area contributed by atoms with Crippen LogP contribution in [0.1, 0.15) is 21.6 Å². The SMILES string of the molecule is Cc1[nH]ncc1CNC(=O)CNC(=O)c1cccc(Cl)c1. The molecule has 0 aliphatic carbocycles. The minimum absolute atomic E-state index is 0.0950. The van der Waals surface area contributed by atoms with Crippen LogP contribution in [0.3, 0.4) is 0 Å². The second-order valence-electron chi connectivity index (χ2n) is 4.49. The highest BCUT2D eigenvalue weighted by atomic mass is 35.5. The number of carbonyl (C=O) groups is 2. The smallest absolute Gasteiger partial charge is 0.251 e. The normalized spacial score (nSPS) is 10.2. The predicted molar refractivity (Wildman–Crippen MR) is 79.0 cm³/mol. The minimum atomic E-state index is -0.341. The summed E-state index contributed by atoms with van der Waals surface area (Å²) >= 11 is 5.81. The molecule has 2 rings (SSSR count). The number of rotatable bonds is 5. The molecule has 2 aromatic rings. The summed E-state index contributed by atoms with van der Waals surface area (Å²) in [5.41, 5.74) is 2.23. The van der Waals surface area contributed by atoms with Crippen LogP contribution in [0, 0.1) is 6.92 Å². The van der Waals surface area contributed by atoms with Gasteiger partial charge < -0.3 is 10.6 Å². The minimum Gasteiger partial charge on any atom is -0.350 e. The maximum absolute atomic E-state index is 11.8. The Hall–Kier alpha value is -2.34. The van der Waals surface area contributed by atoms with Gasteiger partial charge in [-0.05, 0) is 25.1 Å². The number of hydrogen-bond acceptors (Lipinski definition) is 3. The molecule has 1 aromatic heterocycles. The third-order valence-electron chi connectivity index (χ3n) is 2.91. The van der Waals surface area contributed by atoms with Crippen molar-refractivity contribution in [3.63, 3.8) is 0 Å². The van der Waals surface area contributed by atoms with Gasteiger partial charge >= 0.3 is 0 Å². The van der Waals surface area contributed by atoms with Crippen LogP contribution in [0.2, 0.25) is 5.02 Å². The maximum atomic E-state index is 11.8. The van der Waals surface area contributed by atoms with E-state index in [9.17, 15) is 9.59 Å². The molecule has 110 valence electrons. The van der Waals surface area contributed by atoms with E-state index < -0.39 is 0 Å². The first-order valence-electron chi connectivity index (χ1n) is 6.35. The second kappa shape index (κ2) is 6.90. The zero-order valence-electron chi connectivity index (χ0n) is 11.4. The van der Waals surface area contributed by atoms with Crippen LogP contribution in [0.4, 0.5) is 0 Å². The largest absolute Gasteiger partial charge is 0.350 e.